The lowest BCUT2D eigenvalue weighted by atomic mass is 10.1. The number of halogens is 2. The highest BCUT2D eigenvalue weighted by Gasteiger charge is 2.08. The Labute approximate surface area is 89.4 Å². The Morgan fingerprint density at radius 2 is 2.08 bits per heavy atom. The average Bonchev–Trinajstić information content (AvgIpc) is 2.04. The topological polar surface area (TPSA) is 35.2 Å². The molecule has 0 heterocycles. The second kappa shape index (κ2) is 5.32. The van der Waals surface area contributed by atoms with E-state index in [1.54, 1.807) is 7.11 Å². The van der Waals surface area contributed by atoms with Gasteiger partial charge < -0.3 is 10.5 Å². The Bertz CT molecular complexity index is 276. The molecule has 0 amide bonds. The molecule has 2 nitrogen and oxygen atoms in total. The van der Waals surface area contributed by atoms with Gasteiger partial charge in [-0.15, -0.1) is 12.4 Å². The molecule has 1 atom stereocenters. The van der Waals surface area contributed by atoms with Gasteiger partial charge in [0, 0.05) is 6.04 Å². The van der Waals surface area contributed by atoms with Gasteiger partial charge in [-0.3, -0.25) is 0 Å². The standard InChI is InChI=1S/C9H12ClNO.ClH/c1-6(11)7-4-3-5-8(12-2)9(7)10;/h3-6H,11H2,1-2H3;1H. The molecule has 0 saturated carbocycles. The number of methoxy groups -OCH3 is 1. The maximum Gasteiger partial charge on any atom is 0.137 e. The van der Waals surface area contributed by atoms with Crippen molar-refractivity contribution in [1.82, 2.24) is 0 Å². The minimum atomic E-state index is -0.0624. The third-order valence-corrected chi connectivity index (χ3v) is 2.11. The first-order valence-electron chi connectivity index (χ1n) is 3.74. The molecular formula is C9H13Cl2NO. The minimum Gasteiger partial charge on any atom is -0.495 e. The molecule has 1 rings (SSSR count). The first kappa shape index (κ1) is 12.6. The lowest BCUT2D eigenvalue weighted by Gasteiger charge is -2.10. The quantitative estimate of drug-likeness (QED) is 0.834. The summed E-state index contributed by atoms with van der Waals surface area (Å²) in [5.41, 5.74) is 6.61. The summed E-state index contributed by atoms with van der Waals surface area (Å²) in [4.78, 5) is 0. The molecule has 0 fully saturated rings. The van der Waals surface area contributed by atoms with E-state index in [-0.39, 0.29) is 18.4 Å². The Hall–Kier alpha value is -0.440. The van der Waals surface area contributed by atoms with Gasteiger partial charge in [0.2, 0.25) is 0 Å². The first-order chi connectivity index (χ1) is 5.66. The summed E-state index contributed by atoms with van der Waals surface area (Å²) in [7, 11) is 1.59. The van der Waals surface area contributed by atoms with E-state index in [0.29, 0.717) is 10.8 Å². The molecule has 0 spiro atoms. The molecule has 1 aromatic carbocycles. The van der Waals surface area contributed by atoms with Crippen molar-refractivity contribution in [1.29, 1.82) is 0 Å². The van der Waals surface area contributed by atoms with Crippen molar-refractivity contribution in [3.05, 3.63) is 28.8 Å². The Morgan fingerprint density at radius 3 is 2.54 bits per heavy atom. The monoisotopic (exact) mass is 221 g/mol. The number of ether oxygens (including phenoxy) is 1. The second-order valence-corrected chi connectivity index (χ2v) is 3.03. The average molecular weight is 222 g/mol. The fraction of sp³-hybridized carbons (Fsp3) is 0.333. The van der Waals surface area contributed by atoms with E-state index in [0.717, 1.165) is 5.56 Å². The highest BCUT2D eigenvalue weighted by atomic mass is 35.5. The molecule has 2 N–H and O–H groups in total. The number of hydrogen-bond donors (Lipinski definition) is 1. The van der Waals surface area contributed by atoms with E-state index in [1.807, 2.05) is 25.1 Å². The fourth-order valence-electron chi connectivity index (χ4n) is 1.04. The van der Waals surface area contributed by atoms with Gasteiger partial charge in [0.05, 0.1) is 12.1 Å². The van der Waals surface area contributed by atoms with E-state index < -0.39 is 0 Å². The molecule has 0 aliphatic heterocycles. The molecule has 13 heavy (non-hydrogen) atoms. The minimum absolute atomic E-state index is 0. The van der Waals surface area contributed by atoms with Crippen molar-refractivity contribution < 1.29 is 4.74 Å². The lowest BCUT2D eigenvalue weighted by Crippen LogP contribution is -2.05. The van der Waals surface area contributed by atoms with E-state index in [1.165, 1.54) is 0 Å². The molecule has 1 unspecified atom stereocenters. The first-order valence-corrected chi connectivity index (χ1v) is 4.12. The second-order valence-electron chi connectivity index (χ2n) is 2.65. The number of benzene rings is 1. The normalized spacial score (nSPS) is 11.7. The highest BCUT2D eigenvalue weighted by Crippen LogP contribution is 2.30. The van der Waals surface area contributed by atoms with Gasteiger partial charge in [-0.05, 0) is 18.6 Å². The van der Waals surface area contributed by atoms with Crippen molar-refractivity contribution in [2.24, 2.45) is 5.73 Å². The van der Waals surface area contributed by atoms with E-state index in [4.69, 9.17) is 22.1 Å². The number of nitrogens with two attached hydrogens (primary N) is 1. The van der Waals surface area contributed by atoms with Crippen LogP contribution in [0.15, 0.2) is 18.2 Å². The molecule has 0 bridgehead atoms. The Kier molecular flexibility index (Phi) is 5.14. The van der Waals surface area contributed by atoms with Crippen LogP contribution >= 0.6 is 24.0 Å². The third kappa shape index (κ3) is 2.76. The van der Waals surface area contributed by atoms with E-state index in [9.17, 15) is 0 Å². The number of hydrogen-bond acceptors (Lipinski definition) is 2. The van der Waals surface area contributed by atoms with Crippen LogP contribution in [-0.4, -0.2) is 7.11 Å². The van der Waals surface area contributed by atoms with Crippen LogP contribution in [0.2, 0.25) is 5.02 Å². The van der Waals surface area contributed by atoms with Crippen LogP contribution in [0.25, 0.3) is 0 Å². The van der Waals surface area contributed by atoms with Crippen LogP contribution in [0.4, 0.5) is 0 Å². The highest BCUT2D eigenvalue weighted by molar-refractivity contribution is 6.32. The van der Waals surface area contributed by atoms with E-state index in [2.05, 4.69) is 0 Å². The lowest BCUT2D eigenvalue weighted by molar-refractivity contribution is 0.414. The van der Waals surface area contributed by atoms with Gasteiger partial charge in [0.25, 0.3) is 0 Å². The predicted molar refractivity (Wildman–Crippen MR) is 57.9 cm³/mol. The maximum atomic E-state index is 6.00. The zero-order valence-electron chi connectivity index (χ0n) is 7.58. The Balaban J connectivity index is 0.00000144. The van der Waals surface area contributed by atoms with Crippen LogP contribution in [-0.2, 0) is 0 Å². The number of rotatable bonds is 2. The molecule has 0 radical (unpaired) electrons. The molecule has 4 heteroatoms. The SMILES string of the molecule is COc1cccc(C(C)N)c1Cl.Cl. The van der Waals surface area contributed by atoms with Gasteiger partial charge in [-0.1, -0.05) is 23.7 Å². The van der Waals surface area contributed by atoms with E-state index >= 15 is 0 Å². The molecule has 74 valence electrons. The zero-order chi connectivity index (χ0) is 9.14. The van der Waals surface area contributed by atoms with Crippen LogP contribution < -0.4 is 10.5 Å². The summed E-state index contributed by atoms with van der Waals surface area (Å²) < 4.78 is 5.05. The largest absolute Gasteiger partial charge is 0.495 e. The molecule has 0 aromatic heterocycles. The maximum absolute atomic E-state index is 6.00. The van der Waals surface area contributed by atoms with Crippen molar-refractivity contribution in [3.8, 4) is 5.75 Å². The van der Waals surface area contributed by atoms with Crippen molar-refractivity contribution in [3.63, 3.8) is 0 Å². The summed E-state index contributed by atoms with van der Waals surface area (Å²) in [5, 5.41) is 0.606. The fourth-order valence-corrected chi connectivity index (χ4v) is 1.41. The smallest absolute Gasteiger partial charge is 0.137 e. The summed E-state index contributed by atoms with van der Waals surface area (Å²) in [6.45, 7) is 1.89. The van der Waals surface area contributed by atoms with Crippen LogP contribution in [0, 0.1) is 0 Å². The summed E-state index contributed by atoms with van der Waals surface area (Å²) in [6, 6.07) is 5.53. The van der Waals surface area contributed by atoms with Gasteiger partial charge in [0.15, 0.2) is 0 Å². The van der Waals surface area contributed by atoms with Gasteiger partial charge in [-0.2, -0.15) is 0 Å². The van der Waals surface area contributed by atoms with Crippen LogP contribution in [0.1, 0.15) is 18.5 Å². The summed E-state index contributed by atoms with van der Waals surface area (Å²) in [6.07, 6.45) is 0. The summed E-state index contributed by atoms with van der Waals surface area (Å²) >= 11 is 6.00. The molecule has 0 saturated heterocycles. The van der Waals surface area contributed by atoms with Crippen molar-refractivity contribution in [2.75, 3.05) is 7.11 Å². The van der Waals surface area contributed by atoms with Crippen molar-refractivity contribution in [2.45, 2.75) is 13.0 Å². The molecule has 0 aliphatic rings. The van der Waals surface area contributed by atoms with Crippen molar-refractivity contribution >= 4 is 24.0 Å². The van der Waals surface area contributed by atoms with Crippen LogP contribution in [0.5, 0.6) is 5.75 Å². The zero-order valence-corrected chi connectivity index (χ0v) is 9.15. The third-order valence-electron chi connectivity index (χ3n) is 1.70. The van der Waals surface area contributed by atoms with Gasteiger partial charge >= 0.3 is 0 Å². The predicted octanol–water partition coefficient (Wildman–Crippen LogP) is 2.79. The van der Waals surface area contributed by atoms with Gasteiger partial charge in [-0.25, -0.2) is 0 Å². The summed E-state index contributed by atoms with van der Waals surface area (Å²) in [5.74, 6) is 0.673. The molecule has 1 aromatic rings. The Morgan fingerprint density at radius 1 is 1.46 bits per heavy atom. The molecule has 0 aliphatic carbocycles. The molecular weight excluding hydrogens is 209 g/mol. The van der Waals surface area contributed by atoms with Gasteiger partial charge in [0.1, 0.15) is 5.75 Å². The van der Waals surface area contributed by atoms with Crippen LogP contribution in [0.3, 0.4) is 0 Å².